The van der Waals surface area contributed by atoms with Crippen LogP contribution in [-0.4, -0.2) is 37.1 Å². The number of nitriles is 1. The first-order chi connectivity index (χ1) is 9.19. The fraction of sp³-hybridized carbons (Fsp3) is 0.533. The van der Waals surface area contributed by atoms with Crippen molar-refractivity contribution in [2.75, 3.05) is 31.1 Å². The molecule has 0 N–H and O–H groups in total. The third-order valence-corrected chi connectivity index (χ3v) is 4.50. The normalized spacial score (nSPS) is 20.3. The van der Waals surface area contributed by atoms with E-state index in [9.17, 15) is 5.26 Å². The van der Waals surface area contributed by atoms with Crippen molar-refractivity contribution in [3.05, 3.63) is 29.3 Å². The van der Waals surface area contributed by atoms with Crippen LogP contribution in [0.1, 0.15) is 25.0 Å². The van der Waals surface area contributed by atoms with Crippen molar-refractivity contribution in [3.63, 3.8) is 0 Å². The summed E-state index contributed by atoms with van der Waals surface area (Å²) < 4.78 is 0. The van der Waals surface area contributed by atoms with Crippen LogP contribution < -0.4 is 4.90 Å². The summed E-state index contributed by atoms with van der Waals surface area (Å²) in [5.41, 5.74) is 3.02. The molecular formula is C15H20BrN3. The maximum absolute atomic E-state index is 9.33. The molecule has 1 fully saturated rings. The van der Waals surface area contributed by atoms with E-state index < -0.39 is 0 Å². The zero-order chi connectivity index (χ0) is 13.8. The molecule has 0 aromatic heterocycles. The van der Waals surface area contributed by atoms with E-state index in [2.05, 4.69) is 57.8 Å². The van der Waals surface area contributed by atoms with Gasteiger partial charge in [0, 0.05) is 31.0 Å². The highest BCUT2D eigenvalue weighted by atomic mass is 79.9. The summed E-state index contributed by atoms with van der Waals surface area (Å²) in [5, 5.41) is 10.1. The number of rotatable bonds is 3. The number of nitrogens with zero attached hydrogens (tertiary/aromatic N) is 3. The van der Waals surface area contributed by atoms with Crippen LogP contribution in [0.3, 0.4) is 0 Å². The molecular weight excluding hydrogens is 302 g/mol. The number of likely N-dealkylation sites (N-methyl/N-ethyl adjacent to an activating group) is 1. The summed E-state index contributed by atoms with van der Waals surface area (Å²) in [7, 11) is 0. The monoisotopic (exact) mass is 321 g/mol. The van der Waals surface area contributed by atoms with E-state index in [0.717, 1.165) is 48.3 Å². The summed E-state index contributed by atoms with van der Waals surface area (Å²) in [6.45, 7) is 8.63. The summed E-state index contributed by atoms with van der Waals surface area (Å²) in [6.07, 6.45) is 0. The lowest BCUT2D eigenvalue weighted by atomic mass is 10.1. The zero-order valence-electron chi connectivity index (χ0n) is 11.6. The lowest BCUT2D eigenvalue weighted by Crippen LogP contribution is -2.51. The van der Waals surface area contributed by atoms with Gasteiger partial charge in [-0.2, -0.15) is 5.26 Å². The van der Waals surface area contributed by atoms with Gasteiger partial charge in [0.1, 0.15) is 6.07 Å². The molecule has 2 rings (SSSR count). The Labute approximate surface area is 123 Å². The summed E-state index contributed by atoms with van der Waals surface area (Å²) in [5.74, 6) is 0. The number of anilines is 1. The van der Waals surface area contributed by atoms with Gasteiger partial charge in [-0.25, -0.2) is 0 Å². The zero-order valence-corrected chi connectivity index (χ0v) is 13.2. The van der Waals surface area contributed by atoms with Gasteiger partial charge in [0.15, 0.2) is 0 Å². The number of benzene rings is 1. The number of alkyl halides is 1. The van der Waals surface area contributed by atoms with Crippen molar-refractivity contribution >= 4 is 21.6 Å². The molecule has 1 atom stereocenters. The lowest BCUT2D eigenvalue weighted by molar-refractivity contribution is 0.199. The maximum Gasteiger partial charge on any atom is 0.101 e. The molecule has 0 saturated carbocycles. The average molecular weight is 322 g/mol. The second-order valence-corrected chi connectivity index (χ2v) is 5.58. The highest BCUT2D eigenvalue weighted by molar-refractivity contribution is 9.08. The van der Waals surface area contributed by atoms with Crippen molar-refractivity contribution in [3.8, 4) is 6.07 Å². The molecule has 1 heterocycles. The standard InChI is InChI=1S/C15H20BrN3/c1-3-18-6-7-19(11-12(18)2)15-5-4-13(9-16)8-14(15)10-17/h4-5,8,12H,3,6-7,9,11H2,1-2H3. The highest BCUT2D eigenvalue weighted by Gasteiger charge is 2.23. The third-order valence-electron chi connectivity index (χ3n) is 3.85. The van der Waals surface area contributed by atoms with Gasteiger partial charge in [-0.3, -0.25) is 4.90 Å². The molecule has 0 radical (unpaired) electrons. The Morgan fingerprint density at radius 3 is 2.79 bits per heavy atom. The van der Waals surface area contributed by atoms with Gasteiger partial charge in [-0.15, -0.1) is 0 Å². The van der Waals surface area contributed by atoms with Gasteiger partial charge in [-0.05, 0) is 31.2 Å². The van der Waals surface area contributed by atoms with Gasteiger partial charge in [0.25, 0.3) is 0 Å². The van der Waals surface area contributed by atoms with E-state index in [1.54, 1.807) is 0 Å². The molecule has 0 bridgehead atoms. The van der Waals surface area contributed by atoms with Crippen LogP contribution in [0, 0.1) is 11.3 Å². The van der Waals surface area contributed by atoms with Crippen LogP contribution in [0.5, 0.6) is 0 Å². The minimum Gasteiger partial charge on any atom is -0.368 e. The minimum absolute atomic E-state index is 0.543. The van der Waals surface area contributed by atoms with Gasteiger partial charge in [0.2, 0.25) is 0 Å². The van der Waals surface area contributed by atoms with Crippen molar-refractivity contribution < 1.29 is 0 Å². The molecule has 4 heteroatoms. The number of hydrogen-bond acceptors (Lipinski definition) is 3. The fourth-order valence-electron chi connectivity index (χ4n) is 2.72. The van der Waals surface area contributed by atoms with E-state index in [1.165, 1.54) is 0 Å². The van der Waals surface area contributed by atoms with Gasteiger partial charge in [0.05, 0.1) is 11.3 Å². The van der Waals surface area contributed by atoms with Crippen molar-refractivity contribution in [2.24, 2.45) is 0 Å². The Kier molecular flexibility index (Phi) is 4.84. The van der Waals surface area contributed by atoms with E-state index in [1.807, 2.05) is 6.07 Å². The van der Waals surface area contributed by atoms with Crippen molar-refractivity contribution in [2.45, 2.75) is 25.2 Å². The number of hydrogen-bond donors (Lipinski definition) is 0. The largest absolute Gasteiger partial charge is 0.368 e. The average Bonchev–Trinajstić information content (AvgIpc) is 2.46. The first kappa shape index (κ1) is 14.4. The van der Waals surface area contributed by atoms with Crippen LogP contribution in [-0.2, 0) is 5.33 Å². The molecule has 1 aliphatic rings. The molecule has 0 spiro atoms. The molecule has 0 amide bonds. The van der Waals surface area contributed by atoms with E-state index in [4.69, 9.17) is 0 Å². The first-order valence-corrected chi connectivity index (χ1v) is 7.89. The fourth-order valence-corrected chi connectivity index (χ4v) is 3.06. The Balaban J connectivity index is 2.21. The number of halogens is 1. The molecule has 1 aromatic carbocycles. The number of piperazine rings is 1. The maximum atomic E-state index is 9.33. The van der Waals surface area contributed by atoms with Gasteiger partial charge >= 0.3 is 0 Å². The summed E-state index contributed by atoms with van der Waals surface area (Å²) in [6, 6.07) is 9.05. The molecule has 1 saturated heterocycles. The molecule has 19 heavy (non-hydrogen) atoms. The van der Waals surface area contributed by atoms with Crippen LogP contribution in [0.25, 0.3) is 0 Å². The third kappa shape index (κ3) is 3.10. The minimum atomic E-state index is 0.543. The molecule has 1 aromatic rings. The van der Waals surface area contributed by atoms with Crippen LogP contribution >= 0.6 is 15.9 Å². The second kappa shape index (κ2) is 6.40. The van der Waals surface area contributed by atoms with E-state index in [-0.39, 0.29) is 0 Å². The predicted octanol–water partition coefficient (Wildman–Crippen LogP) is 2.98. The molecule has 0 aliphatic carbocycles. The Morgan fingerprint density at radius 2 is 2.21 bits per heavy atom. The predicted molar refractivity (Wildman–Crippen MR) is 82.7 cm³/mol. The van der Waals surface area contributed by atoms with E-state index in [0.29, 0.717) is 6.04 Å². The first-order valence-electron chi connectivity index (χ1n) is 6.77. The van der Waals surface area contributed by atoms with Crippen LogP contribution in [0.4, 0.5) is 5.69 Å². The smallest absolute Gasteiger partial charge is 0.101 e. The van der Waals surface area contributed by atoms with Crippen LogP contribution in [0.15, 0.2) is 18.2 Å². The molecule has 1 unspecified atom stereocenters. The molecule has 102 valence electrons. The Hall–Kier alpha value is -1.05. The quantitative estimate of drug-likeness (QED) is 0.802. The molecule has 3 nitrogen and oxygen atoms in total. The second-order valence-electron chi connectivity index (χ2n) is 5.02. The molecule has 1 aliphatic heterocycles. The SMILES string of the molecule is CCN1CCN(c2ccc(CBr)cc2C#N)CC1C. The highest BCUT2D eigenvalue weighted by Crippen LogP contribution is 2.25. The van der Waals surface area contributed by atoms with Crippen molar-refractivity contribution in [1.82, 2.24) is 4.90 Å². The summed E-state index contributed by atoms with van der Waals surface area (Å²) in [4.78, 5) is 4.82. The van der Waals surface area contributed by atoms with Gasteiger partial charge in [-0.1, -0.05) is 28.9 Å². The van der Waals surface area contributed by atoms with Crippen molar-refractivity contribution in [1.29, 1.82) is 5.26 Å². The van der Waals surface area contributed by atoms with Gasteiger partial charge < -0.3 is 4.90 Å². The topological polar surface area (TPSA) is 30.3 Å². The van der Waals surface area contributed by atoms with E-state index >= 15 is 0 Å². The van der Waals surface area contributed by atoms with Crippen LogP contribution in [0.2, 0.25) is 0 Å². The Bertz CT molecular complexity index is 481. The summed E-state index contributed by atoms with van der Waals surface area (Å²) >= 11 is 3.44. The Morgan fingerprint density at radius 1 is 1.42 bits per heavy atom. The lowest BCUT2D eigenvalue weighted by Gasteiger charge is -2.40.